The first-order valence-corrected chi connectivity index (χ1v) is 12.6. The molecule has 178 valence electrons. The number of hydrogen-bond acceptors (Lipinski definition) is 5. The van der Waals surface area contributed by atoms with Crippen molar-refractivity contribution in [1.82, 2.24) is 4.90 Å². The maximum absolute atomic E-state index is 14.6. The first-order valence-electron chi connectivity index (χ1n) is 10.6. The number of phenolic OH excluding ortho intramolecular Hbond substituents is 1. The number of nitrogens with zero attached hydrogens (tertiary/aromatic N) is 1. The minimum atomic E-state index is -4.25. The molecule has 1 aliphatic rings. The van der Waals surface area contributed by atoms with Gasteiger partial charge in [-0.2, -0.15) is 0 Å². The van der Waals surface area contributed by atoms with E-state index in [9.17, 15) is 22.7 Å². The Hall–Kier alpha value is -2.94. The zero-order valence-corrected chi connectivity index (χ0v) is 19.9. The minimum Gasteiger partial charge on any atom is -0.505 e. The van der Waals surface area contributed by atoms with Crippen molar-refractivity contribution in [2.24, 2.45) is 0 Å². The predicted octanol–water partition coefficient (Wildman–Crippen LogP) is 4.69. The Morgan fingerprint density at radius 3 is 2.56 bits per heavy atom. The highest BCUT2D eigenvalue weighted by Gasteiger charge is 2.30. The molecular weight excluding hydrogens is 481 g/mol. The molecule has 0 unspecified atom stereocenters. The molecule has 0 saturated carbocycles. The van der Waals surface area contributed by atoms with Crippen LogP contribution in [0.5, 0.6) is 5.75 Å². The summed E-state index contributed by atoms with van der Waals surface area (Å²) in [5, 5.41) is 10.1. The summed E-state index contributed by atoms with van der Waals surface area (Å²) in [4.78, 5) is 14.0. The SMILES string of the molecule is CO[C@@H]1CCN(C(=O)c2cc(Cl)c(O)c(S(=O)(=O)Cc3cc(-c4ccccc4)ccc3F)c2)C1. The van der Waals surface area contributed by atoms with Crippen LogP contribution in [0, 0.1) is 5.82 Å². The summed E-state index contributed by atoms with van der Waals surface area (Å²) in [6.07, 6.45) is 0.565. The molecule has 0 bridgehead atoms. The number of phenols is 1. The lowest BCUT2D eigenvalue weighted by Crippen LogP contribution is -2.30. The Bertz CT molecular complexity index is 1330. The lowest BCUT2D eigenvalue weighted by molar-refractivity contribution is 0.0724. The topological polar surface area (TPSA) is 83.9 Å². The molecule has 1 N–H and O–H groups in total. The van der Waals surface area contributed by atoms with Gasteiger partial charge in [-0.15, -0.1) is 0 Å². The first kappa shape index (κ1) is 24.2. The number of hydrogen-bond donors (Lipinski definition) is 1. The molecule has 0 radical (unpaired) electrons. The van der Waals surface area contributed by atoms with E-state index in [2.05, 4.69) is 0 Å². The molecule has 1 fully saturated rings. The summed E-state index contributed by atoms with van der Waals surface area (Å²) in [5.41, 5.74) is 1.42. The van der Waals surface area contributed by atoms with Crippen LogP contribution in [0.3, 0.4) is 0 Å². The van der Waals surface area contributed by atoms with E-state index >= 15 is 0 Å². The highest BCUT2D eigenvalue weighted by molar-refractivity contribution is 7.90. The molecule has 1 saturated heterocycles. The molecule has 3 aromatic rings. The molecule has 3 aromatic carbocycles. The zero-order chi connectivity index (χ0) is 24.5. The van der Waals surface area contributed by atoms with E-state index in [0.29, 0.717) is 25.1 Å². The van der Waals surface area contributed by atoms with Crippen LogP contribution in [0.15, 0.2) is 65.6 Å². The van der Waals surface area contributed by atoms with Crippen molar-refractivity contribution in [2.45, 2.75) is 23.2 Å². The molecular formula is C25H23ClFNO5S. The second-order valence-corrected chi connectivity index (χ2v) is 10.5. The van der Waals surface area contributed by atoms with Crippen LogP contribution in [-0.2, 0) is 20.3 Å². The van der Waals surface area contributed by atoms with Crippen LogP contribution in [0.4, 0.5) is 4.39 Å². The van der Waals surface area contributed by atoms with Crippen LogP contribution < -0.4 is 0 Å². The van der Waals surface area contributed by atoms with E-state index in [0.717, 1.165) is 11.6 Å². The summed E-state index contributed by atoms with van der Waals surface area (Å²) in [6, 6.07) is 15.7. The average Bonchev–Trinajstić information content (AvgIpc) is 3.31. The lowest BCUT2D eigenvalue weighted by Gasteiger charge is -2.18. The van der Waals surface area contributed by atoms with Gasteiger partial charge in [-0.1, -0.05) is 48.0 Å². The van der Waals surface area contributed by atoms with E-state index in [-0.39, 0.29) is 22.3 Å². The number of likely N-dealkylation sites (tertiary alicyclic amines) is 1. The van der Waals surface area contributed by atoms with Gasteiger partial charge in [0.2, 0.25) is 0 Å². The lowest BCUT2D eigenvalue weighted by atomic mass is 10.0. The van der Waals surface area contributed by atoms with Crippen molar-refractivity contribution in [3.05, 3.63) is 82.6 Å². The summed E-state index contributed by atoms with van der Waals surface area (Å²) in [5.74, 6) is -2.50. The van der Waals surface area contributed by atoms with Crippen LogP contribution in [0.2, 0.25) is 5.02 Å². The summed E-state index contributed by atoms with van der Waals surface area (Å²) < 4.78 is 46.3. The van der Waals surface area contributed by atoms with E-state index in [1.807, 2.05) is 30.3 Å². The molecule has 0 aliphatic carbocycles. The Kier molecular flexibility index (Phi) is 6.93. The number of halogens is 2. The van der Waals surface area contributed by atoms with Crippen LogP contribution in [-0.4, -0.2) is 50.6 Å². The summed E-state index contributed by atoms with van der Waals surface area (Å²) in [6.45, 7) is 0.822. The molecule has 1 aliphatic heterocycles. The predicted molar refractivity (Wildman–Crippen MR) is 127 cm³/mol. The van der Waals surface area contributed by atoms with Crippen LogP contribution >= 0.6 is 11.6 Å². The number of aromatic hydroxyl groups is 1. The van der Waals surface area contributed by atoms with E-state index in [1.54, 1.807) is 13.2 Å². The van der Waals surface area contributed by atoms with E-state index in [4.69, 9.17) is 16.3 Å². The largest absolute Gasteiger partial charge is 0.505 e. The molecule has 1 heterocycles. The Morgan fingerprint density at radius 2 is 1.88 bits per heavy atom. The number of methoxy groups -OCH3 is 1. The van der Waals surface area contributed by atoms with Crippen molar-refractivity contribution in [2.75, 3.05) is 20.2 Å². The van der Waals surface area contributed by atoms with Gasteiger partial charge in [0.25, 0.3) is 5.91 Å². The number of amides is 1. The molecule has 4 rings (SSSR count). The van der Waals surface area contributed by atoms with Gasteiger partial charge in [0.1, 0.15) is 10.7 Å². The van der Waals surface area contributed by atoms with Crippen LogP contribution in [0.1, 0.15) is 22.3 Å². The molecule has 0 spiro atoms. The number of benzene rings is 3. The minimum absolute atomic E-state index is 0.0247. The standard InChI is InChI=1S/C25H23ClFNO5S/c1-33-20-9-10-28(14-20)25(30)18-12-21(26)24(29)23(13-18)34(31,32)15-19-11-17(7-8-22(19)27)16-5-3-2-4-6-16/h2-8,11-13,20,29H,9-10,14-15H2,1H3/t20-/m1/s1. The second-order valence-electron chi connectivity index (χ2n) is 8.13. The molecule has 34 heavy (non-hydrogen) atoms. The van der Waals surface area contributed by atoms with Gasteiger partial charge in [-0.25, -0.2) is 12.8 Å². The highest BCUT2D eigenvalue weighted by atomic mass is 35.5. The molecule has 9 heteroatoms. The van der Waals surface area contributed by atoms with Crippen molar-refractivity contribution in [1.29, 1.82) is 0 Å². The molecule has 1 atom stereocenters. The number of ether oxygens (including phenoxy) is 1. The fourth-order valence-corrected chi connectivity index (χ4v) is 5.77. The summed E-state index contributed by atoms with van der Waals surface area (Å²) >= 11 is 6.09. The number of carbonyl (C=O) groups is 1. The number of rotatable bonds is 6. The second kappa shape index (κ2) is 9.74. The third-order valence-electron chi connectivity index (χ3n) is 5.87. The van der Waals surface area contributed by atoms with Crippen molar-refractivity contribution < 1.29 is 27.4 Å². The molecule has 6 nitrogen and oxygen atoms in total. The fourth-order valence-electron chi connectivity index (χ4n) is 4.00. The van der Waals surface area contributed by atoms with Gasteiger partial charge in [0.05, 0.1) is 16.9 Å². The fraction of sp³-hybridized carbons (Fsp3) is 0.240. The van der Waals surface area contributed by atoms with E-state index < -0.39 is 38.0 Å². The van der Waals surface area contributed by atoms with Crippen LogP contribution in [0.25, 0.3) is 11.1 Å². The average molecular weight is 504 g/mol. The highest BCUT2D eigenvalue weighted by Crippen LogP contribution is 2.35. The summed E-state index contributed by atoms with van der Waals surface area (Å²) in [7, 11) is -2.69. The maximum Gasteiger partial charge on any atom is 0.254 e. The van der Waals surface area contributed by atoms with Gasteiger partial charge in [0, 0.05) is 31.3 Å². The number of sulfone groups is 1. The normalized spacial score (nSPS) is 16.1. The maximum atomic E-state index is 14.6. The van der Waals surface area contributed by atoms with Gasteiger partial charge < -0.3 is 14.7 Å². The van der Waals surface area contributed by atoms with Gasteiger partial charge in [-0.3, -0.25) is 4.79 Å². The van der Waals surface area contributed by atoms with Crippen molar-refractivity contribution in [3.8, 4) is 16.9 Å². The Balaban J connectivity index is 1.67. The van der Waals surface area contributed by atoms with Gasteiger partial charge >= 0.3 is 0 Å². The van der Waals surface area contributed by atoms with E-state index in [1.165, 1.54) is 23.1 Å². The van der Waals surface area contributed by atoms with Gasteiger partial charge in [-0.05, 0) is 41.8 Å². The molecule has 1 amide bonds. The third kappa shape index (κ3) is 4.94. The number of carbonyl (C=O) groups excluding carboxylic acids is 1. The van der Waals surface area contributed by atoms with Crippen molar-refractivity contribution >= 4 is 27.3 Å². The zero-order valence-electron chi connectivity index (χ0n) is 18.4. The third-order valence-corrected chi connectivity index (χ3v) is 7.83. The molecule has 0 aromatic heterocycles. The van der Waals surface area contributed by atoms with Crippen molar-refractivity contribution in [3.63, 3.8) is 0 Å². The first-order chi connectivity index (χ1) is 16.2. The van der Waals surface area contributed by atoms with Gasteiger partial charge in [0.15, 0.2) is 15.6 Å². The smallest absolute Gasteiger partial charge is 0.254 e. The Labute approximate surface area is 202 Å². The quantitative estimate of drug-likeness (QED) is 0.527. The monoisotopic (exact) mass is 503 g/mol. The Morgan fingerprint density at radius 1 is 1.15 bits per heavy atom.